The maximum absolute atomic E-state index is 12.6. The van der Waals surface area contributed by atoms with Gasteiger partial charge in [-0.1, -0.05) is 0 Å². The Balaban J connectivity index is 1.29. The first-order chi connectivity index (χ1) is 16.7. The molecule has 3 aromatic rings. The van der Waals surface area contributed by atoms with Crippen LogP contribution in [0.2, 0.25) is 0 Å². The minimum atomic E-state index is -0.681. The van der Waals surface area contributed by atoms with E-state index in [1.165, 1.54) is 7.11 Å². The van der Waals surface area contributed by atoms with E-state index in [0.29, 0.717) is 36.0 Å². The highest BCUT2D eigenvalue weighted by Crippen LogP contribution is 2.35. The molecule has 3 N–H and O–H groups in total. The minimum absolute atomic E-state index is 0.133. The zero-order valence-electron chi connectivity index (χ0n) is 20.3. The predicted molar refractivity (Wildman–Crippen MR) is 131 cm³/mol. The van der Waals surface area contributed by atoms with Crippen LogP contribution in [0, 0.1) is 5.92 Å². The monoisotopic (exact) mass is 480 g/mol. The van der Waals surface area contributed by atoms with Crippen molar-refractivity contribution in [1.82, 2.24) is 19.6 Å². The maximum Gasteiger partial charge on any atom is 0.259 e. The molecule has 2 aromatic heterocycles. The number of hydrogen-bond donors (Lipinski definition) is 3. The van der Waals surface area contributed by atoms with Crippen LogP contribution in [0.15, 0.2) is 36.7 Å². The number of amides is 1. The van der Waals surface area contributed by atoms with Gasteiger partial charge in [0.25, 0.3) is 5.91 Å². The molecule has 3 heterocycles. The van der Waals surface area contributed by atoms with Crippen molar-refractivity contribution in [1.29, 1.82) is 0 Å². The third-order valence-electron chi connectivity index (χ3n) is 6.35. The molecule has 2 aliphatic rings. The number of fused-ring (bicyclic) bond motifs is 1. The van der Waals surface area contributed by atoms with Gasteiger partial charge in [0.15, 0.2) is 0 Å². The Kier molecular flexibility index (Phi) is 6.06. The smallest absolute Gasteiger partial charge is 0.259 e. The van der Waals surface area contributed by atoms with Gasteiger partial charge in [-0.3, -0.25) is 14.1 Å². The number of aliphatic hydroxyl groups is 1. The predicted octanol–water partition coefficient (Wildman–Crippen LogP) is 2.69. The largest absolute Gasteiger partial charge is 0.507 e. The molecule has 1 amide bonds. The third kappa shape index (κ3) is 5.21. The van der Waals surface area contributed by atoms with E-state index < -0.39 is 5.60 Å². The molecule has 1 aliphatic carbocycles. The number of rotatable bonds is 9. The lowest BCUT2D eigenvalue weighted by Gasteiger charge is -2.41. The fourth-order valence-corrected chi connectivity index (χ4v) is 4.56. The molecule has 1 aromatic carbocycles. The SMILES string of the molecule is COc1cc(-c2cnc3cc(OCC4CN(CC(C)(C)O)C4)ccn23)cc(O)c1C(=O)NC1CC1. The van der Waals surface area contributed by atoms with Gasteiger partial charge in [0.05, 0.1) is 31.2 Å². The molecule has 0 radical (unpaired) electrons. The lowest BCUT2D eigenvalue weighted by Crippen LogP contribution is -2.53. The zero-order valence-corrected chi connectivity index (χ0v) is 20.3. The van der Waals surface area contributed by atoms with Crippen LogP contribution >= 0.6 is 0 Å². The summed E-state index contributed by atoms with van der Waals surface area (Å²) >= 11 is 0. The van der Waals surface area contributed by atoms with Crippen LogP contribution in [0.4, 0.5) is 0 Å². The number of aromatic nitrogens is 2. The van der Waals surface area contributed by atoms with Crippen molar-refractivity contribution >= 4 is 11.6 Å². The van der Waals surface area contributed by atoms with Crippen LogP contribution in [0.1, 0.15) is 37.0 Å². The molecule has 1 aliphatic heterocycles. The molecule has 0 unspecified atom stereocenters. The number of β-amino-alcohol motifs (C(OH)–C–C–N with tert-alkyl or cyclic N) is 1. The summed E-state index contributed by atoms with van der Waals surface area (Å²) in [6.07, 6.45) is 5.52. The Hall–Kier alpha value is -3.30. The van der Waals surface area contributed by atoms with Crippen molar-refractivity contribution in [2.24, 2.45) is 5.92 Å². The first-order valence-corrected chi connectivity index (χ1v) is 12.0. The number of carbonyl (C=O) groups is 1. The molecule has 1 saturated carbocycles. The van der Waals surface area contributed by atoms with E-state index in [0.717, 1.165) is 37.4 Å². The second kappa shape index (κ2) is 9.05. The number of nitrogens with one attached hydrogen (secondary N) is 1. The van der Waals surface area contributed by atoms with Crippen LogP contribution in [0.5, 0.6) is 17.2 Å². The number of phenolic OH excluding ortho intramolecular Hbond substituents is 1. The minimum Gasteiger partial charge on any atom is -0.507 e. The zero-order chi connectivity index (χ0) is 24.7. The average molecular weight is 481 g/mol. The third-order valence-corrected chi connectivity index (χ3v) is 6.35. The Bertz CT molecular complexity index is 1240. The molecular formula is C26H32N4O5. The molecule has 2 fully saturated rings. The van der Waals surface area contributed by atoms with Crippen molar-refractivity contribution in [3.05, 3.63) is 42.2 Å². The average Bonchev–Trinajstić information content (AvgIpc) is 3.48. The van der Waals surface area contributed by atoms with E-state index in [1.807, 2.05) is 36.6 Å². The number of aromatic hydroxyl groups is 1. The molecule has 0 bridgehead atoms. The first kappa shape index (κ1) is 23.4. The summed E-state index contributed by atoms with van der Waals surface area (Å²) in [6, 6.07) is 7.25. The van der Waals surface area contributed by atoms with Gasteiger partial charge >= 0.3 is 0 Å². The number of hydrogen-bond acceptors (Lipinski definition) is 7. The highest BCUT2D eigenvalue weighted by atomic mass is 16.5. The molecule has 9 heteroatoms. The number of methoxy groups -OCH3 is 1. The van der Waals surface area contributed by atoms with Crippen LogP contribution in [-0.4, -0.2) is 75.4 Å². The molecule has 1 saturated heterocycles. The Morgan fingerprint density at radius 1 is 1.26 bits per heavy atom. The summed E-state index contributed by atoms with van der Waals surface area (Å²) in [5, 5.41) is 23.5. The van der Waals surface area contributed by atoms with Crippen molar-refractivity contribution in [3.63, 3.8) is 0 Å². The topological polar surface area (TPSA) is 109 Å². The Morgan fingerprint density at radius 3 is 2.71 bits per heavy atom. The van der Waals surface area contributed by atoms with E-state index in [9.17, 15) is 15.0 Å². The highest BCUT2D eigenvalue weighted by Gasteiger charge is 2.31. The van der Waals surface area contributed by atoms with Crippen LogP contribution in [0.25, 0.3) is 16.9 Å². The van der Waals surface area contributed by atoms with E-state index >= 15 is 0 Å². The number of carbonyl (C=O) groups excluding carboxylic acids is 1. The Labute approximate surface area is 204 Å². The van der Waals surface area contributed by atoms with Crippen molar-refractivity contribution < 1.29 is 24.5 Å². The van der Waals surface area contributed by atoms with Crippen LogP contribution in [-0.2, 0) is 0 Å². The van der Waals surface area contributed by atoms with Gasteiger partial charge in [-0.2, -0.15) is 0 Å². The van der Waals surface area contributed by atoms with Crippen molar-refractivity contribution in [3.8, 4) is 28.5 Å². The standard InChI is InChI=1S/C26H32N4O5/c1-26(2,33)15-29-12-16(13-29)14-35-19-6-7-30-20(11-27-23(30)10-19)17-8-21(31)24(22(9-17)34-3)25(32)28-18-4-5-18/h6-11,16,18,31,33H,4-5,12-15H2,1-3H3,(H,28,32). The normalized spacial score (nSPS) is 16.8. The summed E-state index contributed by atoms with van der Waals surface area (Å²) < 4.78 is 13.3. The highest BCUT2D eigenvalue weighted by molar-refractivity contribution is 6.00. The molecular weight excluding hydrogens is 448 g/mol. The maximum atomic E-state index is 12.6. The molecule has 5 rings (SSSR count). The molecule has 0 spiro atoms. The van der Waals surface area contributed by atoms with Crippen LogP contribution < -0.4 is 14.8 Å². The fourth-order valence-electron chi connectivity index (χ4n) is 4.56. The van der Waals surface area contributed by atoms with Gasteiger partial charge in [0, 0.05) is 49.4 Å². The number of nitrogens with zero attached hydrogens (tertiary/aromatic N) is 3. The van der Waals surface area contributed by atoms with Gasteiger partial charge in [-0.15, -0.1) is 0 Å². The summed E-state index contributed by atoms with van der Waals surface area (Å²) in [6.45, 7) is 6.75. The van der Waals surface area contributed by atoms with Gasteiger partial charge < -0.3 is 25.0 Å². The van der Waals surface area contributed by atoms with Crippen molar-refractivity contribution in [2.45, 2.75) is 38.3 Å². The molecule has 9 nitrogen and oxygen atoms in total. The van der Waals surface area contributed by atoms with Crippen molar-refractivity contribution in [2.75, 3.05) is 33.4 Å². The number of ether oxygens (including phenoxy) is 2. The van der Waals surface area contributed by atoms with E-state index in [1.54, 1.807) is 18.3 Å². The van der Waals surface area contributed by atoms with Gasteiger partial charge in [0.2, 0.25) is 0 Å². The summed E-state index contributed by atoms with van der Waals surface area (Å²) in [5.41, 5.74) is 1.62. The van der Waals surface area contributed by atoms with Gasteiger partial charge in [-0.05, 0) is 44.9 Å². The van der Waals surface area contributed by atoms with Gasteiger partial charge in [-0.25, -0.2) is 4.98 Å². The second-order valence-corrected chi connectivity index (χ2v) is 10.2. The van der Waals surface area contributed by atoms with Crippen LogP contribution in [0.3, 0.4) is 0 Å². The first-order valence-electron chi connectivity index (χ1n) is 12.0. The number of benzene rings is 1. The van der Waals surface area contributed by atoms with E-state index in [2.05, 4.69) is 15.2 Å². The molecule has 186 valence electrons. The number of likely N-dealkylation sites (tertiary alicyclic amines) is 1. The molecule has 35 heavy (non-hydrogen) atoms. The number of imidazole rings is 1. The fraction of sp³-hybridized carbons (Fsp3) is 0.462. The lowest BCUT2D eigenvalue weighted by molar-refractivity contribution is -0.0179. The Morgan fingerprint density at radius 2 is 2.03 bits per heavy atom. The summed E-state index contributed by atoms with van der Waals surface area (Å²) in [4.78, 5) is 19.3. The lowest BCUT2D eigenvalue weighted by atomic mass is 9.98. The van der Waals surface area contributed by atoms with Gasteiger partial charge in [0.1, 0.15) is 28.5 Å². The summed E-state index contributed by atoms with van der Waals surface area (Å²) in [7, 11) is 1.48. The quantitative estimate of drug-likeness (QED) is 0.432. The molecule has 0 atom stereocenters. The summed E-state index contributed by atoms with van der Waals surface area (Å²) in [5.74, 6) is 1.03. The second-order valence-electron chi connectivity index (χ2n) is 10.2. The number of pyridine rings is 1. The van der Waals surface area contributed by atoms with E-state index in [4.69, 9.17) is 9.47 Å². The number of phenols is 1. The van der Waals surface area contributed by atoms with E-state index in [-0.39, 0.29) is 23.3 Å².